The number of hydrogen-bond donors (Lipinski definition) is 8. The molecule has 0 radical (unpaired) electrons. The maximum atomic E-state index is 10.2. The first kappa shape index (κ1) is 29.0. The highest BCUT2D eigenvalue weighted by Gasteiger charge is 2.17. The van der Waals surface area contributed by atoms with Crippen molar-refractivity contribution >= 4 is 17.9 Å². The van der Waals surface area contributed by atoms with Gasteiger partial charge in [0.25, 0.3) is 0 Å². The molecule has 12 N–H and O–H groups in total. The van der Waals surface area contributed by atoms with Crippen molar-refractivity contribution in [2.24, 2.45) is 28.9 Å². The number of unbranched alkanes of at least 4 members (excludes halogenated alkanes) is 1. The van der Waals surface area contributed by atoms with E-state index in [1.807, 2.05) is 13.8 Å². The van der Waals surface area contributed by atoms with Crippen molar-refractivity contribution in [1.29, 1.82) is 0 Å². The number of nitrogens with two attached hydrogens (primary N) is 4. The van der Waals surface area contributed by atoms with Gasteiger partial charge < -0.3 is 43.4 Å². The first-order chi connectivity index (χ1) is 12.0. The van der Waals surface area contributed by atoms with E-state index in [4.69, 9.17) is 43.4 Å². The standard InChI is InChI=1S/C6H14N2O2.C6H13NO2.C3H7NO3/c7-4-2-1-3-5(8)6(9)10;1-3-4(2)5(7)6(8)9;4-2(1-5)3(6)7/h5H,1-4,7-8H2,(H,9,10);4-5H,3,7H2,1-2H3,(H,8,9);2,5H,1,4H2,(H,6,7)/t5-;4-,5-;2-/m000/s1. The molecule has 0 heterocycles. The molecule has 0 bridgehead atoms. The fourth-order valence-corrected chi connectivity index (χ4v) is 1.21. The van der Waals surface area contributed by atoms with Crippen LogP contribution in [-0.2, 0) is 14.4 Å². The summed E-state index contributed by atoms with van der Waals surface area (Å²) in [7, 11) is 0. The van der Waals surface area contributed by atoms with E-state index >= 15 is 0 Å². The van der Waals surface area contributed by atoms with Gasteiger partial charge in [-0.2, -0.15) is 0 Å². The lowest BCUT2D eigenvalue weighted by Gasteiger charge is -2.11. The van der Waals surface area contributed by atoms with Crippen LogP contribution in [0.15, 0.2) is 0 Å². The van der Waals surface area contributed by atoms with Gasteiger partial charge in [0.15, 0.2) is 0 Å². The van der Waals surface area contributed by atoms with Gasteiger partial charge in [-0.3, -0.25) is 14.4 Å². The summed E-state index contributed by atoms with van der Waals surface area (Å²) in [4.78, 5) is 30.0. The van der Waals surface area contributed by atoms with Gasteiger partial charge in [0.05, 0.1) is 6.61 Å². The third-order valence-electron chi connectivity index (χ3n) is 3.34. The molecule has 0 spiro atoms. The van der Waals surface area contributed by atoms with E-state index in [0.717, 1.165) is 19.3 Å². The lowest BCUT2D eigenvalue weighted by Crippen LogP contribution is -2.36. The third kappa shape index (κ3) is 18.5. The molecule has 4 atom stereocenters. The SMILES string of the molecule is CC[C@H](C)[C@H](N)C(=O)O.NCCCC[C@H](N)C(=O)O.N[C@@H](CO)C(=O)O. The van der Waals surface area contributed by atoms with Crippen molar-refractivity contribution in [2.45, 2.75) is 57.7 Å². The molecule has 0 saturated carbocycles. The summed E-state index contributed by atoms with van der Waals surface area (Å²) < 4.78 is 0. The highest BCUT2D eigenvalue weighted by atomic mass is 16.4. The Morgan fingerprint density at radius 3 is 1.54 bits per heavy atom. The number of carbonyl (C=O) groups is 3. The van der Waals surface area contributed by atoms with E-state index in [9.17, 15) is 14.4 Å². The Morgan fingerprint density at radius 1 is 0.885 bits per heavy atom. The molecule has 0 unspecified atom stereocenters. The summed E-state index contributed by atoms with van der Waals surface area (Å²) in [6.07, 6.45) is 2.98. The van der Waals surface area contributed by atoms with E-state index in [1.54, 1.807) is 0 Å². The fourth-order valence-electron chi connectivity index (χ4n) is 1.21. The molecule has 156 valence electrons. The minimum absolute atomic E-state index is 0.0718. The molecule has 0 amide bonds. The van der Waals surface area contributed by atoms with Gasteiger partial charge >= 0.3 is 17.9 Å². The second-order valence-electron chi connectivity index (χ2n) is 5.61. The zero-order chi connectivity index (χ0) is 21.3. The second kappa shape index (κ2) is 18.0. The molecule has 26 heavy (non-hydrogen) atoms. The average Bonchev–Trinajstić information content (AvgIpc) is 2.60. The van der Waals surface area contributed by atoms with Crippen LogP contribution >= 0.6 is 0 Å². The molecule has 0 aromatic carbocycles. The average molecular weight is 382 g/mol. The van der Waals surface area contributed by atoms with Crippen molar-refractivity contribution in [3.05, 3.63) is 0 Å². The van der Waals surface area contributed by atoms with Crippen LogP contribution in [0.4, 0.5) is 0 Å². The largest absolute Gasteiger partial charge is 0.480 e. The van der Waals surface area contributed by atoms with Gasteiger partial charge in [0.1, 0.15) is 18.1 Å². The van der Waals surface area contributed by atoms with Crippen molar-refractivity contribution in [1.82, 2.24) is 0 Å². The molecule has 0 rings (SSSR count). The Bertz CT molecular complexity index is 396. The van der Waals surface area contributed by atoms with Crippen molar-refractivity contribution in [3.63, 3.8) is 0 Å². The smallest absolute Gasteiger partial charge is 0.322 e. The van der Waals surface area contributed by atoms with Gasteiger partial charge in [-0.05, 0) is 25.3 Å². The summed E-state index contributed by atoms with van der Waals surface area (Å²) >= 11 is 0. The van der Waals surface area contributed by atoms with Crippen molar-refractivity contribution in [3.8, 4) is 0 Å². The van der Waals surface area contributed by atoms with Crippen LogP contribution in [0.2, 0.25) is 0 Å². The second-order valence-corrected chi connectivity index (χ2v) is 5.61. The summed E-state index contributed by atoms with van der Waals surface area (Å²) in [5.74, 6) is -2.95. The Hall–Kier alpha value is -1.79. The van der Waals surface area contributed by atoms with Crippen LogP contribution in [0.3, 0.4) is 0 Å². The molecule has 0 aliphatic rings. The quantitative estimate of drug-likeness (QED) is 0.199. The zero-order valence-corrected chi connectivity index (χ0v) is 15.4. The van der Waals surface area contributed by atoms with Gasteiger partial charge in [-0.15, -0.1) is 0 Å². The molecule has 0 aliphatic carbocycles. The molecular formula is C15H34N4O7. The summed E-state index contributed by atoms with van der Waals surface area (Å²) in [6, 6.07) is -2.54. The normalized spacial score (nSPS) is 14.4. The predicted octanol–water partition coefficient (Wildman–Crippen LogP) is -1.64. The molecule has 0 fully saturated rings. The van der Waals surface area contributed by atoms with E-state index in [2.05, 4.69) is 0 Å². The molecule has 0 aromatic heterocycles. The number of carboxylic acids is 3. The Labute approximate surface area is 153 Å². The van der Waals surface area contributed by atoms with Crippen LogP contribution in [0, 0.1) is 5.92 Å². The Balaban J connectivity index is -0.000000310. The molecule has 0 aliphatic heterocycles. The summed E-state index contributed by atoms with van der Waals surface area (Å²) in [5.41, 5.74) is 20.5. The Kier molecular flexibility index (Phi) is 20.1. The molecule has 11 heteroatoms. The van der Waals surface area contributed by atoms with Gasteiger partial charge in [-0.25, -0.2) is 0 Å². The van der Waals surface area contributed by atoms with Crippen molar-refractivity contribution < 1.29 is 34.8 Å². The highest BCUT2D eigenvalue weighted by molar-refractivity contribution is 5.73. The predicted molar refractivity (Wildman–Crippen MR) is 96.3 cm³/mol. The molecule has 0 saturated heterocycles. The Morgan fingerprint density at radius 2 is 1.35 bits per heavy atom. The minimum atomic E-state index is -1.18. The number of carboxylic acid groups (broad SMARTS) is 3. The molecule has 0 aromatic rings. The first-order valence-corrected chi connectivity index (χ1v) is 8.22. The fraction of sp³-hybridized carbons (Fsp3) is 0.800. The number of aliphatic hydroxyl groups is 1. The number of hydrogen-bond acceptors (Lipinski definition) is 8. The van der Waals surface area contributed by atoms with Gasteiger partial charge in [-0.1, -0.05) is 26.7 Å². The number of rotatable bonds is 10. The first-order valence-electron chi connectivity index (χ1n) is 8.22. The monoisotopic (exact) mass is 382 g/mol. The van der Waals surface area contributed by atoms with Crippen molar-refractivity contribution in [2.75, 3.05) is 13.2 Å². The van der Waals surface area contributed by atoms with Gasteiger partial charge in [0.2, 0.25) is 0 Å². The summed E-state index contributed by atoms with van der Waals surface area (Å²) in [5, 5.41) is 32.6. The van der Waals surface area contributed by atoms with E-state index in [-0.39, 0.29) is 5.92 Å². The number of aliphatic hydroxyl groups excluding tert-OH is 1. The van der Waals surface area contributed by atoms with Gasteiger partial charge in [0, 0.05) is 0 Å². The minimum Gasteiger partial charge on any atom is -0.480 e. The lowest BCUT2D eigenvalue weighted by molar-refractivity contribution is -0.140. The maximum absolute atomic E-state index is 10.2. The maximum Gasteiger partial charge on any atom is 0.322 e. The van der Waals surface area contributed by atoms with E-state index in [1.165, 1.54) is 0 Å². The zero-order valence-electron chi connectivity index (χ0n) is 15.4. The lowest BCUT2D eigenvalue weighted by atomic mass is 10.0. The molecular weight excluding hydrogens is 348 g/mol. The van der Waals surface area contributed by atoms with Crippen LogP contribution in [0.1, 0.15) is 39.5 Å². The number of aliphatic carboxylic acids is 3. The van der Waals surface area contributed by atoms with E-state index < -0.39 is 42.6 Å². The molecule has 11 nitrogen and oxygen atoms in total. The van der Waals surface area contributed by atoms with E-state index in [0.29, 0.717) is 13.0 Å². The van der Waals surface area contributed by atoms with Crippen LogP contribution in [0.5, 0.6) is 0 Å². The third-order valence-corrected chi connectivity index (χ3v) is 3.34. The van der Waals surface area contributed by atoms with Crippen LogP contribution in [-0.4, -0.2) is 69.6 Å². The highest BCUT2D eigenvalue weighted by Crippen LogP contribution is 2.04. The topological polar surface area (TPSA) is 236 Å². The van der Waals surface area contributed by atoms with Crippen LogP contribution in [0.25, 0.3) is 0 Å². The van der Waals surface area contributed by atoms with Crippen LogP contribution < -0.4 is 22.9 Å². The summed E-state index contributed by atoms with van der Waals surface area (Å²) in [6.45, 7) is 3.86.